The normalized spacial score (nSPS) is 10.8. The minimum atomic E-state index is 0.604. The van der Waals surface area contributed by atoms with E-state index in [1.165, 1.54) is 0 Å². The van der Waals surface area contributed by atoms with Crippen molar-refractivity contribution in [3.8, 4) is 11.6 Å². The van der Waals surface area contributed by atoms with E-state index in [1.54, 1.807) is 25.6 Å². The van der Waals surface area contributed by atoms with Crippen molar-refractivity contribution >= 4 is 37.9 Å². The number of benzene rings is 1. The molecule has 2 aromatic heterocycles. The minimum absolute atomic E-state index is 0.604. The Labute approximate surface area is 134 Å². The Balaban J connectivity index is 1.87. The zero-order valence-electron chi connectivity index (χ0n) is 11.6. The van der Waals surface area contributed by atoms with Crippen molar-refractivity contribution in [2.45, 2.75) is 6.54 Å². The predicted molar refractivity (Wildman–Crippen MR) is 87.6 cm³/mol. The van der Waals surface area contributed by atoms with Crippen molar-refractivity contribution < 1.29 is 9.47 Å². The first-order valence-electron chi connectivity index (χ1n) is 6.28. The zero-order chi connectivity index (χ0) is 14.8. The molecule has 1 aromatic carbocycles. The van der Waals surface area contributed by atoms with Crippen molar-refractivity contribution in [3.63, 3.8) is 0 Å². The standard InChI is InChI=1S/C14H14BrN3O2S/c1-19-9-3-4-10(15)11(7-9)16-8-12-13(20-2)17-14-18(12)5-6-21-14/h3-7,16H,8H2,1-2H3. The van der Waals surface area contributed by atoms with Crippen molar-refractivity contribution in [3.05, 3.63) is 39.9 Å². The van der Waals surface area contributed by atoms with E-state index in [0.29, 0.717) is 12.4 Å². The Kier molecular flexibility index (Phi) is 4.03. The first kappa shape index (κ1) is 14.2. The van der Waals surface area contributed by atoms with Crippen LogP contribution in [0.3, 0.4) is 0 Å². The molecule has 1 N–H and O–H groups in total. The molecule has 0 aliphatic heterocycles. The molecule has 110 valence electrons. The van der Waals surface area contributed by atoms with E-state index in [1.807, 2.05) is 34.2 Å². The summed E-state index contributed by atoms with van der Waals surface area (Å²) in [5.41, 5.74) is 1.95. The summed E-state index contributed by atoms with van der Waals surface area (Å²) in [5.74, 6) is 1.45. The Morgan fingerprint density at radius 1 is 1.33 bits per heavy atom. The number of anilines is 1. The first-order valence-corrected chi connectivity index (χ1v) is 7.96. The molecule has 0 fully saturated rings. The smallest absolute Gasteiger partial charge is 0.238 e. The molecule has 21 heavy (non-hydrogen) atoms. The van der Waals surface area contributed by atoms with Crippen LogP contribution in [0.1, 0.15) is 5.69 Å². The molecule has 3 rings (SSSR count). The summed E-state index contributed by atoms with van der Waals surface area (Å²) in [5, 5.41) is 5.39. The Morgan fingerprint density at radius 3 is 2.95 bits per heavy atom. The third-order valence-electron chi connectivity index (χ3n) is 3.14. The Morgan fingerprint density at radius 2 is 2.19 bits per heavy atom. The van der Waals surface area contributed by atoms with Gasteiger partial charge in [0.2, 0.25) is 5.88 Å². The van der Waals surface area contributed by atoms with Gasteiger partial charge in [-0.2, -0.15) is 4.98 Å². The fourth-order valence-corrected chi connectivity index (χ4v) is 3.19. The molecule has 0 saturated heterocycles. The lowest BCUT2D eigenvalue weighted by Crippen LogP contribution is -2.04. The van der Waals surface area contributed by atoms with Gasteiger partial charge in [0.25, 0.3) is 0 Å². The van der Waals surface area contributed by atoms with Gasteiger partial charge in [0.15, 0.2) is 4.96 Å². The number of nitrogens with one attached hydrogen (secondary N) is 1. The van der Waals surface area contributed by atoms with Crippen LogP contribution in [0.4, 0.5) is 5.69 Å². The topological polar surface area (TPSA) is 47.8 Å². The average Bonchev–Trinajstić information content (AvgIpc) is 3.07. The number of imidazole rings is 1. The van der Waals surface area contributed by atoms with Gasteiger partial charge in [-0.25, -0.2) is 0 Å². The van der Waals surface area contributed by atoms with Gasteiger partial charge >= 0.3 is 0 Å². The fraction of sp³-hybridized carbons (Fsp3) is 0.214. The van der Waals surface area contributed by atoms with E-state index in [-0.39, 0.29) is 0 Å². The fourth-order valence-electron chi connectivity index (χ4n) is 2.08. The van der Waals surface area contributed by atoms with E-state index in [9.17, 15) is 0 Å². The van der Waals surface area contributed by atoms with Crippen molar-refractivity contribution in [1.82, 2.24) is 9.38 Å². The summed E-state index contributed by atoms with van der Waals surface area (Å²) < 4.78 is 13.6. The van der Waals surface area contributed by atoms with E-state index in [2.05, 4.69) is 26.2 Å². The monoisotopic (exact) mass is 367 g/mol. The number of hydrogen-bond donors (Lipinski definition) is 1. The predicted octanol–water partition coefficient (Wildman–Crippen LogP) is 3.79. The van der Waals surface area contributed by atoms with Gasteiger partial charge < -0.3 is 14.8 Å². The number of rotatable bonds is 5. The van der Waals surface area contributed by atoms with Crippen LogP contribution in [0.25, 0.3) is 4.96 Å². The molecule has 0 aliphatic rings. The zero-order valence-corrected chi connectivity index (χ0v) is 14.0. The summed E-state index contributed by atoms with van der Waals surface area (Å²) >= 11 is 5.12. The van der Waals surface area contributed by atoms with Crippen LogP contribution in [0, 0.1) is 0 Å². The SMILES string of the molecule is COc1ccc(Br)c(NCc2c(OC)nc3sccn23)c1. The molecule has 7 heteroatoms. The van der Waals surface area contributed by atoms with Gasteiger partial charge in [0.05, 0.1) is 26.5 Å². The average molecular weight is 368 g/mol. The number of methoxy groups -OCH3 is 2. The maximum atomic E-state index is 5.35. The largest absolute Gasteiger partial charge is 0.497 e. The van der Waals surface area contributed by atoms with E-state index in [0.717, 1.165) is 26.6 Å². The van der Waals surface area contributed by atoms with Gasteiger partial charge in [-0.1, -0.05) is 0 Å². The quantitative estimate of drug-likeness (QED) is 0.745. The molecule has 0 atom stereocenters. The van der Waals surface area contributed by atoms with Gasteiger partial charge in [0, 0.05) is 22.1 Å². The van der Waals surface area contributed by atoms with Gasteiger partial charge in [0.1, 0.15) is 11.4 Å². The second kappa shape index (κ2) is 5.95. The molecule has 0 spiro atoms. The Bertz CT molecular complexity index is 769. The van der Waals surface area contributed by atoms with Crippen LogP contribution < -0.4 is 14.8 Å². The molecule has 3 aromatic rings. The lowest BCUT2D eigenvalue weighted by molar-refractivity contribution is 0.395. The number of thiazole rings is 1. The maximum absolute atomic E-state index is 5.35. The molecule has 0 unspecified atom stereocenters. The van der Waals surface area contributed by atoms with Crippen molar-refractivity contribution in [2.75, 3.05) is 19.5 Å². The molecule has 0 saturated carbocycles. The van der Waals surface area contributed by atoms with Gasteiger partial charge in [-0.05, 0) is 28.1 Å². The molecule has 0 radical (unpaired) electrons. The molecule has 0 aliphatic carbocycles. The third-order valence-corrected chi connectivity index (χ3v) is 4.59. The first-order chi connectivity index (χ1) is 10.2. The highest BCUT2D eigenvalue weighted by molar-refractivity contribution is 9.10. The van der Waals surface area contributed by atoms with Gasteiger partial charge in [-0.15, -0.1) is 11.3 Å². The second-order valence-electron chi connectivity index (χ2n) is 4.32. The summed E-state index contributed by atoms with van der Waals surface area (Å²) in [6.07, 6.45) is 1.99. The van der Waals surface area contributed by atoms with Crippen molar-refractivity contribution in [1.29, 1.82) is 0 Å². The molecule has 0 bridgehead atoms. The van der Waals surface area contributed by atoms with E-state index >= 15 is 0 Å². The van der Waals surface area contributed by atoms with Crippen LogP contribution in [0.5, 0.6) is 11.6 Å². The number of nitrogens with zero attached hydrogens (tertiary/aromatic N) is 2. The van der Waals surface area contributed by atoms with Gasteiger partial charge in [-0.3, -0.25) is 4.40 Å². The van der Waals surface area contributed by atoms with Crippen LogP contribution in [-0.2, 0) is 6.54 Å². The highest BCUT2D eigenvalue weighted by Gasteiger charge is 2.14. The van der Waals surface area contributed by atoms with Crippen LogP contribution >= 0.6 is 27.3 Å². The number of fused-ring (bicyclic) bond motifs is 1. The number of halogens is 1. The molecular formula is C14H14BrN3O2S. The lowest BCUT2D eigenvalue weighted by atomic mass is 10.3. The molecular weight excluding hydrogens is 354 g/mol. The molecule has 0 amide bonds. The third kappa shape index (κ3) is 2.71. The highest BCUT2D eigenvalue weighted by atomic mass is 79.9. The van der Waals surface area contributed by atoms with Crippen molar-refractivity contribution in [2.24, 2.45) is 0 Å². The lowest BCUT2D eigenvalue weighted by Gasteiger charge is -2.10. The molecule has 2 heterocycles. The number of aromatic nitrogens is 2. The second-order valence-corrected chi connectivity index (χ2v) is 6.05. The van der Waals surface area contributed by atoms with Crippen LogP contribution in [-0.4, -0.2) is 23.6 Å². The highest BCUT2D eigenvalue weighted by Crippen LogP contribution is 2.29. The van der Waals surface area contributed by atoms with Crippen LogP contribution in [0.15, 0.2) is 34.2 Å². The Hall–Kier alpha value is -1.73. The summed E-state index contributed by atoms with van der Waals surface area (Å²) in [4.78, 5) is 5.37. The minimum Gasteiger partial charge on any atom is -0.497 e. The van der Waals surface area contributed by atoms with E-state index in [4.69, 9.17) is 9.47 Å². The summed E-state index contributed by atoms with van der Waals surface area (Å²) in [6, 6.07) is 5.81. The summed E-state index contributed by atoms with van der Waals surface area (Å²) in [6.45, 7) is 0.604. The number of hydrogen-bond acceptors (Lipinski definition) is 5. The molecule has 5 nitrogen and oxygen atoms in total. The maximum Gasteiger partial charge on any atom is 0.238 e. The number of ether oxygens (including phenoxy) is 2. The van der Waals surface area contributed by atoms with Crippen LogP contribution in [0.2, 0.25) is 0 Å². The van der Waals surface area contributed by atoms with E-state index < -0.39 is 0 Å². The summed E-state index contributed by atoms with van der Waals surface area (Å²) in [7, 11) is 3.29.